The summed E-state index contributed by atoms with van der Waals surface area (Å²) in [7, 11) is 1.63. The van der Waals surface area contributed by atoms with Crippen LogP contribution in [0, 0.1) is 0 Å². The second-order valence-corrected chi connectivity index (χ2v) is 7.67. The van der Waals surface area contributed by atoms with E-state index in [9.17, 15) is 4.79 Å². The molecule has 4 heteroatoms. The minimum absolute atomic E-state index is 0.280. The summed E-state index contributed by atoms with van der Waals surface area (Å²) >= 11 is 0. The van der Waals surface area contributed by atoms with Crippen LogP contribution in [0.15, 0.2) is 91.5 Å². The summed E-state index contributed by atoms with van der Waals surface area (Å²) in [4.78, 5) is 14.8. The van der Waals surface area contributed by atoms with E-state index in [-0.39, 0.29) is 12.1 Å². The van der Waals surface area contributed by atoms with Crippen molar-refractivity contribution < 1.29 is 14.3 Å². The minimum Gasteiger partial charge on any atom is -0.497 e. The predicted molar refractivity (Wildman–Crippen MR) is 123 cm³/mol. The van der Waals surface area contributed by atoms with E-state index in [1.807, 2.05) is 73.7 Å². The Bertz CT molecular complexity index is 1130. The number of ether oxygens (including phenoxy) is 2. The van der Waals surface area contributed by atoms with Gasteiger partial charge < -0.3 is 9.47 Å². The summed E-state index contributed by atoms with van der Waals surface area (Å²) < 4.78 is 11.0. The third-order valence-electron chi connectivity index (χ3n) is 5.54. The number of fused-ring (bicyclic) bond motifs is 1. The van der Waals surface area contributed by atoms with E-state index in [4.69, 9.17) is 9.47 Å². The second kappa shape index (κ2) is 8.52. The number of hydrogen-bond donors (Lipinski definition) is 0. The van der Waals surface area contributed by atoms with Crippen LogP contribution < -0.4 is 9.47 Å². The van der Waals surface area contributed by atoms with Crippen molar-refractivity contribution in [3.63, 3.8) is 0 Å². The van der Waals surface area contributed by atoms with Gasteiger partial charge in [-0.25, -0.2) is 4.79 Å². The Kier molecular flexibility index (Phi) is 5.63. The molecule has 3 aromatic carbocycles. The van der Waals surface area contributed by atoms with E-state index in [0.717, 1.165) is 39.1 Å². The lowest BCUT2D eigenvalue weighted by atomic mass is 9.91. The molecule has 3 aromatic rings. The fraction of sp³-hybridized carbons (Fsp3) is 0.148. The Morgan fingerprint density at radius 2 is 1.74 bits per heavy atom. The molecule has 0 saturated heterocycles. The Morgan fingerprint density at radius 3 is 2.39 bits per heavy atom. The first-order valence-corrected chi connectivity index (χ1v) is 10.1. The summed E-state index contributed by atoms with van der Waals surface area (Å²) in [5, 5.41) is 0. The van der Waals surface area contributed by atoms with Gasteiger partial charge in [0.15, 0.2) is 0 Å². The van der Waals surface area contributed by atoms with Gasteiger partial charge in [0.2, 0.25) is 0 Å². The summed E-state index contributed by atoms with van der Waals surface area (Å²) in [6.07, 6.45) is -0.372. The van der Waals surface area contributed by atoms with Gasteiger partial charge in [-0.3, -0.25) is 4.90 Å². The highest BCUT2D eigenvalue weighted by Gasteiger charge is 2.35. The zero-order valence-corrected chi connectivity index (χ0v) is 17.8. The van der Waals surface area contributed by atoms with Crippen LogP contribution in [0.2, 0.25) is 0 Å². The Balaban J connectivity index is 1.79. The van der Waals surface area contributed by atoms with Crippen LogP contribution in [0.3, 0.4) is 0 Å². The van der Waals surface area contributed by atoms with E-state index < -0.39 is 0 Å². The Labute approximate surface area is 183 Å². The monoisotopic (exact) mass is 411 g/mol. The molecule has 1 amide bonds. The number of allylic oxidation sites excluding steroid dienone is 2. The van der Waals surface area contributed by atoms with Crippen molar-refractivity contribution in [1.82, 2.24) is 4.90 Å². The van der Waals surface area contributed by atoms with Gasteiger partial charge in [-0.05, 0) is 53.5 Å². The molecule has 1 heterocycles. The van der Waals surface area contributed by atoms with Crippen LogP contribution in [-0.4, -0.2) is 18.1 Å². The quantitative estimate of drug-likeness (QED) is 0.441. The van der Waals surface area contributed by atoms with Crippen LogP contribution in [-0.2, 0) is 6.54 Å². The molecular formula is C27H25NO3. The number of rotatable bonds is 6. The standard InChI is InChI=1S/C27H25NO3/c1-18(2)19(3)22-12-15-25-24(16-22)26(21-8-6-5-7-9-21)28(27(29)31-25)17-20-10-13-23(30-4)14-11-20/h5-16,26H,1,3,17H2,2,4H3. The molecule has 0 aliphatic carbocycles. The van der Waals surface area contributed by atoms with Crippen LogP contribution >= 0.6 is 0 Å². The van der Waals surface area contributed by atoms with Crippen molar-refractivity contribution in [2.75, 3.05) is 7.11 Å². The Morgan fingerprint density at radius 1 is 1.03 bits per heavy atom. The predicted octanol–water partition coefficient (Wildman–Crippen LogP) is 6.39. The van der Waals surface area contributed by atoms with Gasteiger partial charge in [-0.15, -0.1) is 0 Å². The molecule has 31 heavy (non-hydrogen) atoms. The van der Waals surface area contributed by atoms with Gasteiger partial charge in [-0.1, -0.05) is 67.3 Å². The summed E-state index contributed by atoms with van der Waals surface area (Å²) in [6.45, 7) is 10.5. The van der Waals surface area contributed by atoms with Gasteiger partial charge >= 0.3 is 6.09 Å². The molecule has 0 bridgehead atoms. The molecule has 0 radical (unpaired) electrons. The number of amides is 1. The maximum absolute atomic E-state index is 13.0. The highest BCUT2D eigenvalue weighted by molar-refractivity contribution is 5.80. The maximum Gasteiger partial charge on any atom is 0.416 e. The minimum atomic E-state index is -0.372. The van der Waals surface area contributed by atoms with Crippen molar-refractivity contribution in [2.45, 2.75) is 19.5 Å². The normalized spacial score (nSPS) is 15.1. The lowest BCUT2D eigenvalue weighted by Gasteiger charge is -2.37. The van der Waals surface area contributed by atoms with E-state index in [1.165, 1.54) is 0 Å². The third kappa shape index (κ3) is 4.10. The number of carbonyl (C=O) groups excluding carboxylic acids is 1. The second-order valence-electron chi connectivity index (χ2n) is 7.67. The molecule has 1 atom stereocenters. The van der Waals surface area contributed by atoms with Crippen LogP contribution in [0.4, 0.5) is 4.79 Å². The number of hydrogen-bond acceptors (Lipinski definition) is 3. The molecule has 1 aliphatic heterocycles. The van der Waals surface area contributed by atoms with Crippen LogP contribution in [0.5, 0.6) is 11.5 Å². The highest BCUT2D eigenvalue weighted by Crippen LogP contribution is 2.41. The molecule has 0 aromatic heterocycles. The zero-order valence-electron chi connectivity index (χ0n) is 17.8. The first-order valence-electron chi connectivity index (χ1n) is 10.1. The summed E-state index contributed by atoms with van der Waals surface area (Å²) in [6, 6.07) is 23.3. The molecule has 0 spiro atoms. The van der Waals surface area contributed by atoms with Gasteiger partial charge in [0, 0.05) is 12.1 Å². The topological polar surface area (TPSA) is 38.8 Å². The Hall–Kier alpha value is -3.79. The largest absolute Gasteiger partial charge is 0.497 e. The molecule has 0 N–H and O–H groups in total. The molecule has 4 rings (SSSR count). The first-order chi connectivity index (χ1) is 15.0. The lowest BCUT2D eigenvalue weighted by Crippen LogP contribution is -2.40. The number of nitrogens with zero attached hydrogens (tertiary/aromatic N) is 1. The SMILES string of the molecule is C=C(C)C(=C)c1ccc2c(c1)C(c1ccccc1)N(Cc1ccc(OC)cc1)C(=O)O2. The van der Waals surface area contributed by atoms with E-state index >= 15 is 0 Å². The first kappa shape index (κ1) is 20.5. The highest BCUT2D eigenvalue weighted by atomic mass is 16.6. The maximum atomic E-state index is 13.0. The average Bonchev–Trinajstić information content (AvgIpc) is 2.79. The lowest BCUT2D eigenvalue weighted by molar-refractivity contribution is 0.122. The average molecular weight is 412 g/mol. The molecule has 156 valence electrons. The van der Waals surface area contributed by atoms with Crippen molar-refractivity contribution in [3.8, 4) is 11.5 Å². The fourth-order valence-corrected chi connectivity index (χ4v) is 3.79. The molecule has 0 saturated carbocycles. The summed E-state index contributed by atoms with van der Waals surface area (Å²) in [5.74, 6) is 1.35. The van der Waals surface area contributed by atoms with Crippen molar-refractivity contribution in [3.05, 3.63) is 114 Å². The molecule has 1 unspecified atom stereocenters. The van der Waals surface area contributed by atoms with Gasteiger partial charge in [-0.2, -0.15) is 0 Å². The third-order valence-corrected chi connectivity index (χ3v) is 5.54. The number of carbonyl (C=O) groups is 1. The van der Waals surface area contributed by atoms with Gasteiger partial charge in [0.25, 0.3) is 0 Å². The fourth-order valence-electron chi connectivity index (χ4n) is 3.79. The molecule has 0 fully saturated rings. The molecular weight excluding hydrogens is 386 g/mol. The van der Waals surface area contributed by atoms with Gasteiger partial charge in [0.05, 0.1) is 13.2 Å². The number of benzene rings is 3. The van der Waals surface area contributed by atoms with Crippen molar-refractivity contribution in [2.24, 2.45) is 0 Å². The van der Waals surface area contributed by atoms with E-state index in [0.29, 0.717) is 12.3 Å². The smallest absolute Gasteiger partial charge is 0.416 e. The van der Waals surface area contributed by atoms with Gasteiger partial charge in [0.1, 0.15) is 11.5 Å². The molecule has 4 nitrogen and oxygen atoms in total. The zero-order chi connectivity index (χ0) is 22.0. The summed E-state index contributed by atoms with van der Waals surface area (Å²) in [5.41, 5.74) is 5.68. The van der Waals surface area contributed by atoms with Crippen molar-refractivity contribution >= 4 is 11.7 Å². The van der Waals surface area contributed by atoms with Crippen LogP contribution in [0.25, 0.3) is 5.57 Å². The van der Waals surface area contributed by atoms with Crippen LogP contribution in [0.1, 0.15) is 35.2 Å². The van der Waals surface area contributed by atoms with E-state index in [2.05, 4.69) is 19.2 Å². The molecule has 1 aliphatic rings. The van der Waals surface area contributed by atoms with E-state index in [1.54, 1.807) is 12.0 Å². The number of methoxy groups -OCH3 is 1. The van der Waals surface area contributed by atoms with Crippen molar-refractivity contribution in [1.29, 1.82) is 0 Å².